The zero-order valence-corrected chi connectivity index (χ0v) is 10.1. The lowest BCUT2D eigenvalue weighted by molar-refractivity contribution is -0.123. The number of nitrogens with zero attached hydrogens (tertiary/aromatic N) is 1. The Kier molecular flexibility index (Phi) is 3.67. The molecule has 17 heavy (non-hydrogen) atoms. The highest BCUT2D eigenvalue weighted by molar-refractivity contribution is 7.16. The first-order chi connectivity index (χ1) is 8.29. The first-order valence-electron chi connectivity index (χ1n) is 5.08. The van der Waals surface area contributed by atoms with Crippen LogP contribution in [0.5, 0.6) is 0 Å². The average Bonchev–Trinajstić information content (AvgIpc) is 2.78. The van der Waals surface area contributed by atoms with Gasteiger partial charge in [-0.3, -0.25) is 9.78 Å². The highest BCUT2D eigenvalue weighted by atomic mass is 32.1. The van der Waals surface area contributed by atoms with Crippen molar-refractivity contribution in [3.8, 4) is 10.4 Å². The molecule has 0 fully saturated rings. The molecule has 0 N–H and O–H groups in total. The highest BCUT2D eigenvalue weighted by Crippen LogP contribution is 2.28. The van der Waals surface area contributed by atoms with E-state index in [9.17, 15) is 4.79 Å². The van der Waals surface area contributed by atoms with Crippen LogP contribution in [0.15, 0.2) is 36.7 Å². The molecule has 0 saturated carbocycles. The van der Waals surface area contributed by atoms with E-state index in [-0.39, 0.29) is 0 Å². The molecule has 0 atom stereocenters. The van der Waals surface area contributed by atoms with Gasteiger partial charge in [-0.15, -0.1) is 11.3 Å². The first-order valence-corrected chi connectivity index (χ1v) is 5.90. The number of hydrogen-bond acceptors (Lipinski definition) is 4. The number of aryl methyl sites for hydroxylation is 1. The van der Waals surface area contributed by atoms with E-state index in [0.717, 1.165) is 16.1 Å². The maximum Gasteiger partial charge on any atom is 0.297 e. The number of rotatable bonds is 4. The molecule has 0 saturated heterocycles. The topological polar surface area (TPSA) is 39.2 Å². The summed E-state index contributed by atoms with van der Waals surface area (Å²) in [4.78, 5) is 16.4. The molecular formula is C13H11NO2S. The molecule has 2 aromatic heterocycles. The van der Waals surface area contributed by atoms with Crippen molar-refractivity contribution in [2.45, 2.75) is 6.92 Å². The Morgan fingerprint density at radius 3 is 3.00 bits per heavy atom. The van der Waals surface area contributed by atoms with Crippen molar-refractivity contribution in [1.29, 1.82) is 0 Å². The van der Waals surface area contributed by atoms with Crippen molar-refractivity contribution in [2.24, 2.45) is 0 Å². The van der Waals surface area contributed by atoms with E-state index in [1.807, 2.05) is 31.2 Å². The van der Waals surface area contributed by atoms with E-state index in [1.165, 1.54) is 11.1 Å². The van der Waals surface area contributed by atoms with E-state index in [4.69, 9.17) is 0 Å². The van der Waals surface area contributed by atoms with Gasteiger partial charge in [0.2, 0.25) is 0 Å². The molecule has 0 unspecified atom stereocenters. The third kappa shape index (κ3) is 3.01. The molecule has 2 heterocycles. The molecule has 0 aliphatic carbocycles. The Morgan fingerprint density at radius 2 is 2.24 bits per heavy atom. The third-order valence-corrected chi connectivity index (χ3v) is 3.27. The minimum absolute atomic E-state index is 0.400. The third-order valence-electron chi connectivity index (χ3n) is 2.17. The molecule has 0 aromatic carbocycles. The van der Waals surface area contributed by atoms with Crippen molar-refractivity contribution in [3.63, 3.8) is 0 Å². The van der Waals surface area contributed by atoms with Gasteiger partial charge in [-0.25, -0.2) is 0 Å². The molecule has 0 bridgehead atoms. The zero-order valence-electron chi connectivity index (χ0n) is 9.29. The highest BCUT2D eigenvalue weighted by Gasteiger charge is 2.01. The van der Waals surface area contributed by atoms with Crippen molar-refractivity contribution in [2.75, 3.05) is 0 Å². The lowest BCUT2D eigenvalue weighted by Crippen LogP contribution is -1.79. The number of aromatic nitrogens is 1. The standard InChI is InChI=1S/C13H11NO2S/c1-10-8-11(4-6-14-10)13-3-2-12(17-13)5-7-16-9-15/h2-9H,1H3. The largest absolute Gasteiger partial charge is 0.437 e. The van der Waals surface area contributed by atoms with E-state index < -0.39 is 0 Å². The number of carbonyl (C=O) groups excluding carboxylic acids is 1. The summed E-state index contributed by atoms with van der Waals surface area (Å²) in [5.74, 6) is 0. The van der Waals surface area contributed by atoms with Gasteiger partial charge in [0, 0.05) is 21.6 Å². The molecule has 86 valence electrons. The maximum absolute atomic E-state index is 9.98. The predicted molar refractivity (Wildman–Crippen MR) is 68.5 cm³/mol. The lowest BCUT2D eigenvalue weighted by atomic mass is 10.2. The van der Waals surface area contributed by atoms with Gasteiger partial charge in [0.15, 0.2) is 0 Å². The fourth-order valence-corrected chi connectivity index (χ4v) is 2.33. The van der Waals surface area contributed by atoms with Gasteiger partial charge in [0.25, 0.3) is 6.47 Å². The Morgan fingerprint density at radius 1 is 1.35 bits per heavy atom. The van der Waals surface area contributed by atoms with E-state index in [1.54, 1.807) is 23.6 Å². The quantitative estimate of drug-likeness (QED) is 0.613. The molecule has 3 nitrogen and oxygen atoms in total. The number of carbonyl (C=O) groups is 1. The van der Waals surface area contributed by atoms with Crippen LogP contribution in [0.2, 0.25) is 0 Å². The van der Waals surface area contributed by atoms with Crippen LogP contribution in [0.3, 0.4) is 0 Å². The van der Waals surface area contributed by atoms with Crippen LogP contribution in [-0.2, 0) is 9.53 Å². The summed E-state index contributed by atoms with van der Waals surface area (Å²) in [6.45, 7) is 2.37. The van der Waals surface area contributed by atoms with Gasteiger partial charge in [0.05, 0.1) is 6.26 Å². The maximum atomic E-state index is 9.98. The van der Waals surface area contributed by atoms with Gasteiger partial charge >= 0.3 is 0 Å². The number of hydrogen-bond donors (Lipinski definition) is 0. The van der Waals surface area contributed by atoms with Crippen molar-refractivity contribution in [3.05, 3.63) is 47.3 Å². The van der Waals surface area contributed by atoms with E-state index in [0.29, 0.717) is 6.47 Å². The van der Waals surface area contributed by atoms with E-state index >= 15 is 0 Å². The van der Waals surface area contributed by atoms with Crippen LogP contribution in [0.4, 0.5) is 0 Å². The monoisotopic (exact) mass is 245 g/mol. The number of thiophene rings is 1. The van der Waals surface area contributed by atoms with Crippen molar-refractivity contribution < 1.29 is 9.53 Å². The summed E-state index contributed by atoms with van der Waals surface area (Å²) >= 11 is 1.63. The molecule has 0 aliphatic rings. The fraction of sp³-hybridized carbons (Fsp3) is 0.0769. The summed E-state index contributed by atoms with van der Waals surface area (Å²) in [5.41, 5.74) is 2.15. The number of pyridine rings is 1. The second-order valence-corrected chi connectivity index (χ2v) is 4.54. The minimum atomic E-state index is 0.400. The normalized spacial score (nSPS) is 10.6. The van der Waals surface area contributed by atoms with Crippen LogP contribution in [-0.4, -0.2) is 11.5 Å². The summed E-state index contributed by atoms with van der Waals surface area (Å²) in [7, 11) is 0. The summed E-state index contributed by atoms with van der Waals surface area (Å²) in [6.07, 6.45) is 4.94. The molecule has 0 aliphatic heterocycles. The summed E-state index contributed by atoms with van der Waals surface area (Å²) < 4.78 is 4.51. The van der Waals surface area contributed by atoms with Gasteiger partial charge in [-0.05, 0) is 42.8 Å². The smallest absolute Gasteiger partial charge is 0.297 e. The molecule has 2 aromatic rings. The van der Waals surface area contributed by atoms with Crippen LogP contribution >= 0.6 is 11.3 Å². The molecule has 0 spiro atoms. The molecule has 2 rings (SSSR count). The fourth-order valence-electron chi connectivity index (χ4n) is 1.43. The SMILES string of the molecule is Cc1cc(-c2ccc(C=COC=O)s2)ccn1. The number of ether oxygens (including phenoxy) is 1. The first kappa shape index (κ1) is 11.5. The predicted octanol–water partition coefficient (Wildman–Crippen LogP) is 3.26. The van der Waals surface area contributed by atoms with Crippen LogP contribution in [0, 0.1) is 6.92 Å². The van der Waals surface area contributed by atoms with Gasteiger partial charge in [-0.1, -0.05) is 0 Å². The molecule has 0 amide bonds. The summed E-state index contributed by atoms with van der Waals surface area (Å²) in [5, 5.41) is 0. The Bertz CT molecular complexity index is 546. The minimum Gasteiger partial charge on any atom is -0.437 e. The average molecular weight is 245 g/mol. The van der Waals surface area contributed by atoms with Gasteiger partial charge < -0.3 is 4.74 Å². The Balaban J connectivity index is 2.21. The van der Waals surface area contributed by atoms with Crippen molar-refractivity contribution in [1.82, 2.24) is 4.98 Å². The van der Waals surface area contributed by atoms with Crippen LogP contribution in [0.1, 0.15) is 10.6 Å². The zero-order chi connectivity index (χ0) is 12.1. The second-order valence-electron chi connectivity index (χ2n) is 3.42. The van der Waals surface area contributed by atoms with E-state index in [2.05, 4.69) is 9.72 Å². The lowest BCUT2D eigenvalue weighted by Gasteiger charge is -1.97. The summed E-state index contributed by atoms with van der Waals surface area (Å²) in [6, 6.07) is 8.05. The Labute approximate surface area is 103 Å². The molecule has 4 heteroatoms. The van der Waals surface area contributed by atoms with Gasteiger partial charge in [0.1, 0.15) is 0 Å². The second kappa shape index (κ2) is 5.41. The van der Waals surface area contributed by atoms with Crippen LogP contribution < -0.4 is 0 Å². The Hall–Kier alpha value is -1.94. The molecule has 0 radical (unpaired) electrons. The van der Waals surface area contributed by atoms with Gasteiger partial charge in [-0.2, -0.15) is 0 Å². The van der Waals surface area contributed by atoms with Crippen LogP contribution in [0.25, 0.3) is 16.5 Å². The van der Waals surface area contributed by atoms with Crippen molar-refractivity contribution >= 4 is 23.9 Å². The molecular weight excluding hydrogens is 234 g/mol.